The zero-order valence-corrected chi connectivity index (χ0v) is 17.5. The van der Waals surface area contributed by atoms with E-state index in [-0.39, 0.29) is 12.5 Å². The van der Waals surface area contributed by atoms with Gasteiger partial charge in [0.25, 0.3) is 5.91 Å². The van der Waals surface area contributed by atoms with Gasteiger partial charge < -0.3 is 14.6 Å². The number of hydrogen-bond acceptors (Lipinski definition) is 3. The van der Waals surface area contributed by atoms with Crippen LogP contribution in [0.4, 0.5) is 5.69 Å². The maximum Gasteiger partial charge on any atom is 0.340 e. The SMILES string of the molecule is Cc1cc(NC(=O)COC(=O)c2cc(C)n(-c3ccccc3)c2C)ccc1Br. The molecule has 0 saturated carbocycles. The van der Waals surface area contributed by atoms with Crippen molar-refractivity contribution in [3.8, 4) is 5.69 Å². The zero-order valence-electron chi connectivity index (χ0n) is 16.0. The summed E-state index contributed by atoms with van der Waals surface area (Å²) < 4.78 is 8.18. The molecule has 0 aliphatic rings. The van der Waals surface area contributed by atoms with Crippen LogP contribution >= 0.6 is 15.9 Å². The second-order valence-electron chi connectivity index (χ2n) is 6.54. The highest BCUT2D eigenvalue weighted by molar-refractivity contribution is 9.10. The van der Waals surface area contributed by atoms with Gasteiger partial charge in [-0.2, -0.15) is 0 Å². The predicted molar refractivity (Wildman–Crippen MR) is 113 cm³/mol. The van der Waals surface area contributed by atoms with E-state index in [2.05, 4.69) is 21.2 Å². The van der Waals surface area contributed by atoms with Gasteiger partial charge in [0.2, 0.25) is 0 Å². The average molecular weight is 441 g/mol. The van der Waals surface area contributed by atoms with Gasteiger partial charge in [-0.05, 0) is 62.7 Å². The van der Waals surface area contributed by atoms with Gasteiger partial charge in [0.1, 0.15) is 0 Å². The maximum atomic E-state index is 12.5. The molecule has 1 N–H and O–H groups in total. The molecule has 0 saturated heterocycles. The molecule has 6 heteroatoms. The van der Waals surface area contributed by atoms with Crippen LogP contribution in [-0.2, 0) is 9.53 Å². The third kappa shape index (κ3) is 4.34. The molecule has 0 bridgehead atoms. The molecule has 0 aliphatic carbocycles. The van der Waals surface area contributed by atoms with Crippen LogP contribution in [-0.4, -0.2) is 23.1 Å². The van der Waals surface area contributed by atoms with Crippen LogP contribution < -0.4 is 5.32 Å². The second-order valence-corrected chi connectivity index (χ2v) is 7.40. The minimum Gasteiger partial charge on any atom is -0.452 e. The van der Waals surface area contributed by atoms with Crippen LogP contribution in [0.5, 0.6) is 0 Å². The molecule has 0 radical (unpaired) electrons. The van der Waals surface area contributed by atoms with Crippen molar-refractivity contribution in [2.75, 3.05) is 11.9 Å². The van der Waals surface area contributed by atoms with E-state index in [4.69, 9.17) is 4.74 Å². The Bertz CT molecular complexity index is 1030. The number of carbonyl (C=O) groups is 2. The Morgan fingerprint density at radius 3 is 2.43 bits per heavy atom. The molecule has 0 spiro atoms. The quantitative estimate of drug-likeness (QED) is 0.570. The van der Waals surface area contributed by atoms with Crippen LogP contribution in [0.15, 0.2) is 59.1 Å². The van der Waals surface area contributed by atoms with Crippen molar-refractivity contribution in [1.29, 1.82) is 0 Å². The fraction of sp³-hybridized carbons (Fsp3) is 0.182. The maximum absolute atomic E-state index is 12.5. The van der Waals surface area contributed by atoms with Gasteiger partial charge in [-0.3, -0.25) is 4.79 Å². The van der Waals surface area contributed by atoms with E-state index in [1.807, 2.05) is 67.8 Å². The van der Waals surface area contributed by atoms with E-state index < -0.39 is 5.97 Å². The Morgan fingerprint density at radius 1 is 1.04 bits per heavy atom. The lowest BCUT2D eigenvalue weighted by molar-refractivity contribution is -0.119. The van der Waals surface area contributed by atoms with Gasteiger partial charge >= 0.3 is 5.97 Å². The first kappa shape index (κ1) is 19.9. The van der Waals surface area contributed by atoms with Crippen LogP contribution in [0, 0.1) is 20.8 Å². The minimum absolute atomic E-state index is 0.344. The second kappa shape index (κ2) is 8.44. The van der Waals surface area contributed by atoms with E-state index in [1.54, 1.807) is 12.1 Å². The molecule has 0 atom stereocenters. The summed E-state index contributed by atoms with van der Waals surface area (Å²) in [5, 5.41) is 2.73. The standard InChI is InChI=1S/C22H21BrN2O3/c1-14-11-17(9-10-20(14)23)24-21(26)13-28-22(27)19-12-15(2)25(16(19)3)18-7-5-4-6-8-18/h4-12H,13H2,1-3H3,(H,24,26). The van der Waals surface area contributed by atoms with Crippen LogP contribution in [0.2, 0.25) is 0 Å². The Balaban J connectivity index is 1.67. The number of aryl methyl sites for hydroxylation is 2. The van der Waals surface area contributed by atoms with Crippen LogP contribution in [0.25, 0.3) is 5.69 Å². The lowest BCUT2D eigenvalue weighted by atomic mass is 10.2. The third-order valence-corrected chi connectivity index (χ3v) is 5.33. The molecule has 1 aromatic heterocycles. The fourth-order valence-corrected chi connectivity index (χ4v) is 3.32. The highest BCUT2D eigenvalue weighted by Crippen LogP contribution is 2.22. The molecule has 0 aliphatic heterocycles. The van der Waals surface area contributed by atoms with Crippen LogP contribution in [0.1, 0.15) is 27.3 Å². The first-order chi connectivity index (χ1) is 13.4. The summed E-state index contributed by atoms with van der Waals surface area (Å²) in [4.78, 5) is 24.6. The summed E-state index contributed by atoms with van der Waals surface area (Å²) in [5.74, 6) is -0.899. The first-order valence-corrected chi connectivity index (χ1v) is 9.63. The molecule has 0 unspecified atom stereocenters. The van der Waals surface area contributed by atoms with Gasteiger partial charge in [0, 0.05) is 27.2 Å². The molecule has 1 amide bonds. The number of ether oxygens (including phenoxy) is 1. The molecule has 3 rings (SSSR count). The smallest absolute Gasteiger partial charge is 0.340 e. The van der Waals surface area contributed by atoms with E-state index in [0.717, 1.165) is 27.1 Å². The predicted octanol–water partition coefficient (Wildman–Crippen LogP) is 4.96. The van der Waals surface area contributed by atoms with Gasteiger partial charge in [-0.25, -0.2) is 4.79 Å². The molecule has 2 aromatic carbocycles. The number of nitrogens with one attached hydrogen (secondary N) is 1. The summed E-state index contributed by atoms with van der Waals surface area (Å²) in [6.07, 6.45) is 0. The van der Waals surface area contributed by atoms with Crippen molar-refractivity contribution >= 4 is 33.5 Å². The number of carbonyl (C=O) groups excluding carboxylic acids is 2. The van der Waals surface area contributed by atoms with Crippen LogP contribution in [0.3, 0.4) is 0 Å². The monoisotopic (exact) mass is 440 g/mol. The highest BCUT2D eigenvalue weighted by atomic mass is 79.9. The fourth-order valence-electron chi connectivity index (χ4n) is 3.07. The lowest BCUT2D eigenvalue weighted by Crippen LogP contribution is -2.21. The number of benzene rings is 2. The van der Waals surface area contributed by atoms with Crippen molar-refractivity contribution in [2.45, 2.75) is 20.8 Å². The van der Waals surface area contributed by atoms with Gasteiger partial charge in [-0.1, -0.05) is 34.1 Å². The number of aromatic nitrogens is 1. The topological polar surface area (TPSA) is 60.3 Å². The van der Waals surface area contributed by atoms with Gasteiger partial charge in [0.15, 0.2) is 6.61 Å². The van der Waals surface area contributed by atoms with E-state index in [0.29, 0.717) is 11.3 Å². The number of amides is 1. The van der Waals surface area contributed by atoms with Crippen molar-refractivity contribution in [3.63, 3.8) is 0 Å². The Hall–Kier alpha value is -2.86. The minimum atomic E-state index is -0.516. The van der Waals surface area contributed by atoms with Gasteiger partial charge in [0.05, 0.1) is 5.56 Å². The number of para-hydroxylation sites is 1. The first-order valence-electron chi connectivity index (χ1n) is 8.84. The Labute approximate surface area is 172 Å². The summed E-state index contributed by atoms with van der Waals surface area (Å²) in [6.45, 7) is 5.38. The molecular formula is C22H21BrN2O3. The van der Waals surface area contributed by atoms with Crippen molar-refractivity contribution in [1.82, 2.24) is 4.57 Å². The molecule has 144 valence electrons. The lowest BCUT2D eigenvalue weighted by Gasteiger charge is -2.10. The molecular weight excluding hydrogens is 420 g/mol. The molecule has 5 nitrogen and oxygen atoms in total. The highest BCUT2D eigenvalue weighted by Gasteiger charge is 2.19. The molecule has 28 heavy (non-hydrogen) atoms. The van der Waals surface area contributed by atoms with Crippen molar-refractivity contribution in [2.24, 2.45) is 0 Å². The Morgan fingerprint density at radius 2 is 1.75 bits per heavy atom. The number of halogens is 1. The number of hydrogen-bond donors (Lipinski definition) is 1. The summed E-state index contributed by atoms with van der Waals surface area (Å²) in [7, 11) is 0. The summed E-state index contributed by atoms with van der Waals surface area (Å²) in [5.41, 5.74) is 4.78. The number of rotatable bonds is 5. The summed E-state index contributed by atoms with van der Waals surface area (Å²) in [6, 6.07) is 17.0. The van der Waals surface area contributed by atoms with Gasteiger partial charge in [-0.15, -0.1) is 0 Å². The van der Waals surface area contributed by atoms with E-state index >= 15 is 0 Å². The number of anilines is 1. The van der Waals surface area contributed by atoms with Crippen molar-refractivity contribution in [3.05, 3.63) is 81.6 Å². The third-order valence-electron chi connectivity index (χ3n) is 4.44. The van der Waals surface area contributed by atoms with E-state index in [1.165, 1.54) is 0 Å². The molecule has 1 heterocycles. The Kier molecular flexibility index (Phi) is 5.99. The van der Waals surface area contributed by atoms with Crippen molar-refractivity contribution < 1.29 is 14.3 Å². The number of nitrogens with zero attached hydrogens (tertiary/aromatic N) is 1. The van der Waals surface area contributed by atoms with E-state index in [9.17, 15) is 9.59 Å². The molecule has 3 aromatic rings. The zero-order chi connectivity index (χ0) is 20.3. The molecule has 0 fully saturated rings. The largest absolute Gasteiger partial charge is 0.452 e. The average Bonchev–Trinajstić information content (AvgIpc) is 2.98. The normalized spacial score (nSPS) is 10.6. The summed E-state index contributed by atoms with van der Waals surface area (Å²) >= 11 is 3.42. The number of esters is 1.